The summed E-state index contributed by atoms with van der Waals surface area (Å²) in [7, 11) is 1.69. The van der Waals surface area contributed by atoms with Crippen molar-refractivity contribution in [3.8, 4) is 0 Å². The molecule has 1 unspecified atom stereocenters. The molecule has 0 saturated carbocycles. The molecule has 130 valence electrons. The first-order chi connectivity index (χ1) is 11.3. The highest BCUT2D eigenvalue weighted by molar-refractivity contribution is 6.30. The topological polar surface area (TPSA) is 60.9 Å². The number of benzene rings is 1. The van der Waals surface area contributed by atoms with Crippen LogP contribution >= 0.6 is 11.6 Å². The van der Waals surface area contributed by atoms with Crippen LogP contribution in [0.1, 0.15) is 24.8 Å². The van der Waals surface area contributed by atoms with Crippen molar-refractivity contribution in [2.24, 2.45) is 5.92 Å². The minimum Gasteiger partial charge on any atom is -0.481 e. The molecule has 1 aromatic carbocycles. The van der Waals surface area contributed by atoms with Crippen molar-refractivity contribution in [3.63, 3.8) is 0 Å². The molecule has 1 amide bonds. The van der Waals surface area contributed by atoms with Gasteiger partial charge < -0.3 is 10.0 Å². The number of amides is 1. The Morgan fingerprint density at radius 3 is 2.67 bits per heavy atom. The Balaban J connectivity index is 1.71. The fourth-order valence-electron chi connectivity index (χ4n) is 3.97. The second-order valence-corrected chi connectivity index (χ2v) is 7.10. The predicted octanol–water partition coefficient (Wildman–Crippen LogP) is 2.38. The number of carbonyl (C=O) groups excluding carboxylic acids is 1. The number of aliphatic carboxylic acids is 1. The van der Waals surface area contributed by atoms with Gasteiger partial charge in [-0.1, -0.05) is 17.7 Å². The lowest BCUT2D eigenvalue weighted by atomic mass is 9.77. The van der Waals surface area contributed by atoms with Crippen molar-refractivity contribution < 1.29 is 19.1 Å². The Bertz CT molecular complexity index is 674. The Morgan fingerprint density at radius 2 is 2.08 bits per heavy atom. The molecular formula is C17H20ClFN2O3. The van der Waals surface area contributed by atoms with E-state index < -0.39 is 17.4 Å². The highest BCUT2D eigenvalue weighted by Gasteiger charge is 2.55. The van der Waals surface area contributed by atoms with Crippen molar-refractivity contribution in [3.05, 3.63) is 34.6 Å². The smallest absolute Gasteiger partial charge is 0.309 e. The monoisotopic (exact) mass is 354 g/mol. The third-order valence-electron chi connectivity index (χ3n) is 5.50. The van der Waals surface area contributed by atoms with Crippen LogP contribution in [0.3, 0.4) is 0 Å². The van der Waals surface area contributed by atoms with Crippen molar-refractivity contribution in [1.29, 1.82) is 0 Å². The Labute approximate surface area is 145 Å². The molecule has 1 atom stereocenters. The summed E-state index contributed by atoms with van der Waals surface area (Å²) in [4.78, 5) is 27.3. The molecule has 3 rings (SSSR count). The van der Waals surface area contributed by atoms with Crippen LogP contribution in [-0.2, 0) is 16.1 Å². The summed E-state index contributed by atoms with van der Waals surface area (Å²) < 4.78 is 13.9. The van der Waals surface area contributed by atoms with Gasteiger partial charge in [-0.15, -0.1) is 0 Å². The number of hydrogen-bond acceptors (Lipinski definition) is 3. The number of piperidine rings is 1. The molecule has 2 saturated heterocycles. The summed E-state index contributed by atoms with van der Waals surface area (Å²) in [6.45, 7) is 1.71. The summed E-state index contributed by atoms with van der Waals surface area (Å²) >= 11 is 5.77. The second-order valence-electron chi connectivity index (χ2n) is 6.66. The fourth-order valence-corrected chi connectivity index (χ4v) is 4.13. The van der Waals surface area contributed by atoms with E-state index in [1.165, 1.54) is 6.07 Å². The van der Waals surface area contributed by atoms with E-state index in [1.807, 2.05) is 0 Å². The van der Waals surface area contributed by atoms with E-state index in [1.54, 1.807) is 24.1 Å². The molecule has 7 heteroatoms. The molecule has 2 fully saturated rings. The largest absolute Gasteiger partial charge is 0.481 e. The Kier molecular flexibility index (Phi) is 4.53. The number of likely N-dealkylation sites (tertiary alicyclic amines) is 2. The van der Waals surface area contributed by atoms with E-state index in [0.717, 1.165) is 0 Å². The van der Waals surface area contributed by atoms with Crippen LogP contribution in [0.15, 0.2) is 18.2 Å². The molecule has 0 bridgehead atoms. The van der Waals surface area contributed by atoms with Gasteiger partial charge in [0, 0.05) is 43.7 Å². The minimum absolute atomic E-state index is 0.0671. The molecule has 1 N–H and O–H groups in total. The van der Waals surface area contributed by atoms with Gasteiger partial charge in [0.2, 0.25) is 5.91 Å². The quantitative estimate of drug-likeness (QED) is 0.905. The highest BCUT2D eigenvalue weighted by Crippen LogP contribution is 2.43. The van der Waals surface area contributed by atoms with Crippen molar-refractivity contribution in [1.82, 2.24) is 9.80 Å². The number of carboxylic acid groups (broad SMARTS) is 1. The van der Waals surface area contributed by atoms with Crippen LogP contribution in [0, 0.1) is 11.7 Å². The maximum Gasteiger partial charge on any atom is 0.309 e. The zero-order valence-electron chi connectivity index (χ0n) is 13.5. The fraction of sp³-hybridized carbons (Fsp3) is 0.529. The molecule has 2 aliphatic heterocycles. The summed E-state index contributed by atoms with van der Waals surface area (Å²) in [5.41, 5.74) is -0.0428. The van der Waals surface area contributed by atoms with Crippen LogP contribution in [0.2, 0.25) is 5.02 Å². The van der Waals surface area contributed by atoms with Gasteiger partial charge in [-0.3, -0.25) is 14.5 Å². The molecule has 1 spiro atoms. The molecule has 0 aromatic heterocycles. The van der Waals surface area contributed by atoms with Gasteiger partial charge in [0.1, 0.15) is 5.82 Å². The minimum atomic E-state index is -0.912. The molecular weight excluding hydrogens is 335 g/mol. The first kappa shape index (κ1) is 17.2. The van der Waals surface area contributed by atoms with Crippen LogP contribution < -0.4 is 0 Å². The van der Waals surface area contributed by atoms with Gasteiger partial charge in [-0.2, -0.15) is 0 Å². The van der Waals surface area contributed by atoms with Crippen LogP contribution in [0.25, 0.3) is 0 Å². The molecule has 1 aromatic rings. The molecule has 5 nitrogen and oxygen atoms in total. The van der Waals surface area contributed by atoms with Crippen LogP contribution in [0.4, 0.5) is 4.39 Å². The van der Waals surface area contributed by atoms with Gasteiger partial charge in [0.15, 0.2) is 0 Å². The third-order valence-corrected chi connectivity index (χ3v) is 5.73. The predicted molar refractivity (Wildman–Crippen MR) is 87.2 cm³/mol. The van der Waals surface area contributed by atoms with E-state index in [2.05, 4.69) is 4.90 Å². The van der Waals surface area contributed by atoms with Gasteiger partial charge in [-0.25, -0.2) is 4.39 Å². The Morgan fingerprint density at radius 1 is 1.42 bits per heavy atom. The van der Waals surface area contributed by atoms with Gasteiger partial charge in [0.05, 0.1) is 11.5 Å². The van der Waals surface area contributed by atoms with E-state index in [9.17, 15) is 19.1 Å². The number of rotatable bonds is 3. The zero-order chi connectivity index (χ0) is 17.5. The maximum absolute atomic E-state index is 13.9. The zero-order valence-corrected chi connectivity index (χ0v) is 14.2. The molecule has 0 aliphatic carbocycles. The number of nitrogens with zero attached hydrogens (tertiary/aromatic N) is 2. The van der Waals surface area contributed by atoms with Crippen LogP contribution in [-0.4, -0.2) is 52.5 Å². The standard InChI is InChI=1S/C17H20ClFN2O3/c1-20-15(22)9-13(16(23)24)17(20)4-6-21(7-5-17)10-11-2-3-12(18)8-14(11)19/h2-3,8,13H,4-7,9-10H2,1H3,(H,23,24). The van der Waals surface area contributed by atoms with Crippen molar-refractivity contribution in [2.75, 3.05) is 20.1 Å². The summed E-state index contributed by atoms with van der Waals surface area (Å²) in [5, 5.41) is 9.84. The molecule has 2 aliphatic rings. The number of halogens is 2. The molecule has 0 radical (unpaired) electrons. The maximum atomic E-state index is 13.9. The lowest BCUT2D eigenvalue weighted by Crippen LogP contribution is -2.55. The van der Waals surface area contributed by atoms with Crippen molar-refractivity contribution >= 4 is 23.5 Å². The van der Waals surface area contributed by atoms with E-state index in [4.69, 9.17) is 11.6 Å². The lowest BCUT2D eigenvalue weighted by Gasteiger charge is -2.45. The second kappa shape index (κ2) is 6.33. The van der Waals surface area contributed by atoms with Gasteiger partial charge >= 0.3 is 5.97 Å². The first-order valence-electron chi connectivity index (χ1n) is 7.99. The highest BCUT2D eigenvalue weighted by atomic mass is 35.5. The molecule has 24 heavy (non-hydrogen) atoms. The number of carboxylic acids is 1. The Hall–Kier alpha value is -1.66. The molecule has 2 heterocycles. The van der Waals surface area contributed by atoms with E-state index >= 15 is 0 Å². The van der Waals surface area contributed by atoms with Crippen molar-refractivity contribution in [2.45, 2.75) is 31.3 Å². The normalized spacial score (nSPS) is 23.9. The average molecular weight is 355 g/mol. The van der Waals surface area contributed by atoms with Crippen LogP contribution in [0.5, 0.6) is 0 Å². The van der Waals surface area contributed by atoms with Gasteiger partial charge in [-0.05, 0) is 25.0 Å². The van der Waals surface area contributed by atoms with E-state index in [0.29, 0.717) is 43.1 Å². The summed E-state index contributed by atoms with van der Waals surface area (Å²) in [5.74, 6) is -2.02. The SMILES string of the molecule is CN1C(=O)CC(C(=O)O)C12CCN(Cc1ccc(Cl)cc1F)CC2. The van der Waals surface area contributed by atoms with Gasteiger partial charge in [0.25, 0.3) is 0 Å². The number of hydrogen-bond donors (Lipinski definition) is 1. The first-order valence-corrected chi connectivity index (χ1v) is 8.37. The summed E-state index contributed by atoms with van der Waals surface area (Å²) in [6.07, 6.45) is 1.24. The average Bonchev–Trinajstić information content (AvgIpc) is 2.78. The third kappa shape index (κ3) is 2.89. The van der Waals surface area contributed by atoms with E-state index in [-0.39, 0.29) is 18.1 Å². The lowest BCUT2D eigenvalue weighted by molar-refractivity contribution is -0.146. The summed E-state index contributed by atoms with van der Waals surface area (Å²) in [6, 6.07) is 4.63. The number of carbonyl (C=O) groups is 2.